The van der Waals surface area contributed by atoms with Crippen LogP contribution in [0.15, 0.2) is 11.6 Å². The second kappa shape index (κ2) is 10.4. The van der Waals surface area contributed by atoms with Crippen molar-refractivity contribution in [3.63, 3.8) is 0 Å². The highest BCUT2D eigenvalue weighted by atomic mass is 16.3. The number of hydrogen-bond donors (Lipinski definition) is 1. The van der Waals surface area contributed by atoms with Gasteiger partial charge < -0.3 is 19.8 Å². The van der Waals surface area contributed by atoms with Crippen LogP contribution in [-0.4, -0.2) is 77.1 Å². The Kier molecular flexibility index (Phi) is 7.34. The average Bonchev–Trinajstić information content (AvgIpc) is 3.72. The third kappa shape index (κ3) is 4.85. The van der Waals surface area contributed by atoms with E-state index < -0.39 is 0 Å². The second-order valence-corrected chi connectivity index (χ2v) is 14.9. The zero-order valence-electron chi connectivity index (χ0n) is 25.0. The number of aliphatic hydroxyl groups excluding tert-OH is 1. The molecule has 0 aromatic heterocycles. The number of hydrogen-bond acceptors (Lipinski definition) is 3. The number of carbonyl (C=O) groups excluding carboxylic acids is 2. The fourth-order valence-electron chi connectivity index (χ4n) is 10.3. The van der Waals surface area contributed by atoms with Gasteiger partial charge >= 0.3 is 6.03 Å². The summed E-state index contributed by atoms with van der Waals surface area (Å²) >= 11 is 0. The maximum Gasteiger partial charge on any atom is 0.320 e. The van der Waals surface area contributed by atoms with E-state index in [1.54, 1.807) is 5.57 Å². The van der Waals surface area contributed by atoms with Crippen LogP contribution < -0.4 is 0 Å². The van der Waals surface area contributed by atoms with Crippen molar-refractivity contribution >= 4 is 11.9 Å². The maximum absolute atomic E-state index is 13.2. The van der Waals surface area contributed by atoms with Crippen LogP contribution in [0.1, 0.15) is 97.8 Å². The number of rotatable bonds is 5. The molecule has 5 fully saturated rings. The molecule has 5 aliphatic carbocycles. The van der Waals surface area contributed by atoms with Gasteiger partial charge in [0.05, 0.1) is 6.10 Å². The first-order valence-corrected chi connectivity index (χ1v) is 16.3. The largest absolute Gasteiger partial charge is 0.393 e. The zero-order chi connectivity index (χ0) is 27.5. The van der Waals surface area contributed by atoms with E-state index in [0.717, 1.165) is 62.2 Å². The molecule has 0 aromatic rings. The molecule has 1 N–H and O–H groups in total. The van der Waals surface area contributed by atoms with E-state index in [9.17, 15) is 14.7 Å². The van der Waals surface area contributed by atoms with E-state index in [1.165, 1.54) is 32.1 Å². The smallest absolute Gasteiger partial charge is 0.320 e. The summed E-state index contributed by atoms with van der Waals surface area (Å²) < 4.78 is 0. The van der Waals surface area contributed by atoms with Crippen LogP contribution >= 0.6 is 0 Å². The Morgan fingerprint density at radius 2 is 1.72 bits per heavy atom. The SMILES string of the molecule is CC(CCC(=O)N1CCN(C(=O)N(C)C2CC2)CC1)[C@H]1CC[C@H]2[C@@H]3CC=C4C[C@@H](O)CC[C@]4(C)[C@H]3CC[C@]12C. The van der Waals surface area contributed by atoms with Gasteiger partial charge in [0, 0.05) is 45.7 Å². The average molecular weight is 540 g/mol. The molecule has 8 atom stereocenters. The minimum absolute atomic E-state index is 0.130. The first kappa shape index (κ1) is 27.6. The van der Waals surface area contributed by atoms with Crippen LogP contribution in [0.3, 0.4) is 0 Å². The van der Waals surface area contributed by atoms with Crippen molar-refractivity contribution in [2.24, 2.45) is 40.4 Å². The van der Waals surface area contributed by atoms with Crippen molar-refractivity contribution in [3.05, 3.63) is 11.6 Å². The summed E-state index contributed by atoms with van der Waals surface area (Å²) in [5.41, 5.74) is 2.27. The summed E-state index contributed by atoms with van der Waals surface area (Å²) in [5, 5.41) is 10.3. The molecule has 3 amide bonds. The fraction of sp³-hybridized carbons (Fsp3) is 0.879. The monoisotopic (exact) mass is 539 g/mol. The summed E-state index contributed by atoms with van der Waals surface area (Å²) in [4.78, 5) is 31.7. The van der Waals surface area contributed by atoms with Gasteiger partial charge in [-0.15, -0.1) is 0 Å². The van der Waals surface area contributed by atoms with Crippen molar-refractivity contribution in [2.45, 2.75) is 110 Å². The van der Waals surface area contributed by atoms with Crippen LogP contribution in [0.25, 0.3) is 0 Å². The van der Waals surface area contributed by atoms with Gasteiger partial charge in [-0.3, -0.25) is 4.79 Å². The molecule has 4 saturated carbocycles. The number of carbonyl (C=O) groups is 2. The molecule has 1 heterocycles. The number of urea groups is 1. The van der Waals surface area contributed by atoms with Gasteiger partial charge in [0.1, 0.15) is 0 Å². The Labute approximate surface area is 236 Å². The fourth-order valence-corrected chi connectivity index (χ4v) is 10.3. The minimum Gasteiger partial charge on any atom is -0.393 e. The van der Waals surface area contributed by atoms with Gasteiger partial charge in [-0.1, -0.05) is 32.4 Å². The standard InChI is InChI=1S/C33H53N3O3/c1-22(5-12-30(38)35-17-19-36(20-18-35)31(39)34(4)24-7-8-24)27-10-11-28-26-9-6-23-21-25(37)13-15-32(23,2)29(26)14-16-33(27,28)3/h6,22,24-29,37H,5,7-21H2,1-4H3/t22?,25-,26-,27+,28-,29-,32-,33+/m0/s1. The zero-order valence-corrected chi connectivity index (χ0v) is 25.0. The highest BCUT2D eigenvalue weighted by Gasteiger charge is 2.59. The number of fused-ring (bicyclic) bond motifs is 5. The van der Waals surface area contributed by atoms with Gasteiger partial charge in [-0.05, 0) is 111 Å². The molecule has 6 rings (SSSR count). The highest BCUT2D eigenvalue weighted by molar-refractivity contribution is 5.78. The molecule has 0 bridgehead atoms. The topological polar surface area (TPSA) is 64.1 Å². The summed E-state index contributed by atoms with van der Waals surface area (Å²) in [5.74, 6) is 3.96. The molecular formula is C33H53N3O3. The van der Waals surface area contributed by atoms with Gasteiger partial charge in [-0.25, -0.2) is 4.79 Å². The molecule has 218 valence electrons. The molecular weight excluding hydrogens is 486 g/mol. The molecule has 0 spiro atoms. The lowest BCUT2D eigenvalue weighted by Crippen LogP contribution is -2.53. The van der Waals surface area contributed by atoms with E-state index in [2.05, 4.69) is 26.8 Å². The van der Waals surface area contributed by atoms with E-state index in [4.69, 9.17) is 0 Å². The molecule has 6 heteroatoms. The lowest BCUT2D eigenvalue weighted by Gasteiger charge is -2.58. The van der Waals surface area contributed by atoms with Crippen molar-refractivity contribution in [3.8, 4) is 0 Å². The third-order valence-electron chi connectivity index (χ3n) is 13.0. The molecule has 1 unspecified atom stereocenters. The number of piperazine rings is 1. The van der Waals surface area contributed by atoms with E-state index in [0.29, 0.717) is 55.4 Å². The van der Waals surface area contributed by atoms with Crippen LogP contribution in [0.2, 0.25) is 0 Å². The number of nitrogens with zero attached hydrogens (tertiary/aromatic N) is 3. The van der Waals surface area contributed by atoms with Gasteiger partial charge in [0.15, 0.2) is 0 Å². The predicted molar refractivity (Wildman–Crippen MR) is 154 cm³/mol. The Morgan fingerprint density at radius 3 is 2.44 bits per heavy atom. The van der Waals surface area contributed by atoms with Crippen LogP contribution in [0, 0.1) is 40.4 Å². The minimum atomic E-state index is -0.130. The lowest BCUT2D eigenvalue weighted by molar-refractivity contribution is -0.133. The molecule has 1 aliphatic heterocycles. The van der Waals surface area contributed by atoms with Gasteiger partial charge in [0.2, 0.25) is 5.91 Å². The summed E-state index contributed by atoms with van der Waals surface area (Å²) in [6.45, 7) is 10.2. The van der Waals surface area contributed by atoms with Gasteiger partial charge in [0.25, 0.3) is 0 Å². The molecule has 0 radical (unpaired) electrons. The van der Waals surface area contributed by atoms with Crippen molar-refractivity contribution in [2.75, 3.05) is 33.2 Å². The number of amides is 3. The first-order chi connectivity index (χ1) is 18.6. The Bertz CT molecular complexity index is 985. The maximum atomic E-state index is 13.2. The number of allylic oxidation sites excluding steroid dienone is 1. The molecule has 0 aromatic carbocycles. The third-order valence-corrected chi connectivity index (χ3v) is 13.0. The molecule has 1 saturated heterocycles. The lowest BCUT2D eigenvalue weighted by atomic mass is 9.47. The summed E-state index contributed by atoms with van der Waals surface area (Å²) in [6.07, 6.45) is 15.9. The van der Waals surface area contributed by atoms with Crippen LogP contribution in [0.5, 0.6) is 0 Å². The van der Waals surface area contributed by atoms with E-state index in [-0.39, 0.29) is 18.0 Å². The molecule has 6 aliphatic rings. The molecule has 39 heavy (non-hydrogen) atoms. The Hall–Kier alpha value is -1.56. The Morgan fingerprint density at radius 1 is 1.00 bits per heavy atom. The first-order valence-electron chi connectivity index (χ1n) is 16.3. The van der Waals surface area contributed by atoms with Crippen molar-refractivity contribution < 1.29 is 14.7 Å². The van der Waals surface area contributed by atoms with Crippen molar-refractivity contribution in [1.29, 1.82) is 0 Å². The summed E-state index contributed by atoms with van der Waals surface area (Å²) in [7, 11) is 1.92. The number of aliphatic hydroxyl groups is 1. The molecule has 6 nitrogen and oxygen atoms in total. The van der Waals surface area contributed by atoms with Crippen LogP contribution in [-0.2, 0) is 4.79 Å². The van der Waals surface area contributed by atoms with Gasteiger partial charge in [-0.2, -0.15) is 0 Å². The van der Waals surface area contributed by atoms with Crippen LogP contribution in [0.4, 0.5) is 4.79 Å². The highest BCUT2D eigenvalue weighted by Crippen LogP contribution is 2.67. The van der Waals surface area contributed by atoms with Crippen molar-refractivity contribution in [1.82, 2.24) is 14.7 Å². The normalized spacial score (nSPS) is 40.7. The van der Waals surface area contributed by atoms with E-state index in [1.807, 2.05) is 21.7 Å². The predicted octanol–water partition coefficient (Wildman–Crippen LogP) is 5.70. The van der Waals surface area contributed by atoms with E-state index >= 15 is 0 Å². The second-order valence-electron chi connectivity index (χ2n) is 14.9. The summed E-state index contributed by atoms with van der Waals surface area (Å²) in [6, 6.07) is 0.568. The Balaban J connectivity index is 1.02. The quantitative estimate of drug-likeness (QED) is 0.456.